The molecule has 0 heterocycles. The van der Waals surface area contributed by atoms with Crippen LogP contribution in [0.4, 0.5) is 8.78 Å². The normalized spacial score (nSPS) is 12.4. The fraction of sp³-hybridized carbons (Fsp3) is 0.200. The van der Waals surface area contributed by atoms with Gasteiger partial charge in [-0.25, -0.2) is 8.78 Å². The summed E-state index contributed by atoms with van der Waals surface area (Å²) in [4.78, 5) is 0. The van der Waals surface area contributed by atoms with Crippen LogP contribution in [-0.4, -0.2) is 11.7 Å². The average molecular weight is 263 g/mol. The molecule has 0 saturated carbocycles. The fourth-order valence-electron chi connectivity index (χ4n) is 1.89. The summed E-state index contributed by atoms with van der Waals surface area (Å²) >= 11 is 0. The molecule has 2 nitrogen and oxygen atoms in total. The van der Waals surface area contributed by atoms with Crippen molar-refractivity contribution in [1.82, 2.24) is 5.32 Å². The van der Waals surface area contributed by atoms with Crippen molar-refractivity contribution in [3.63, 3.8) is 0 Å². The molecule has 1 atom stereocenters. The molecule has 0 aliphatic rings. The fourth-order valence-corrected chi connectivity index (χ4v) is 1.89. The molecular weight excluding hydrogens is 248 g/mol. The third-order valence-electron chi connectivity index (χ3n) is 2.95. The molecule has 0 aliphatic heterocycles. The van der Waals surface area contributed by atoms with Crippen molar-refractivity contribution in [2.24, 2.45) is 0 Å². The Labute approximate surface area is 110 Å². The van der Waals surface area contributed by atoms with Gasteiger partial charge in [0.1, 0.15) is 0 Å². The second-order valence-corrected chi connectivity index (χ2v) is 4.24. The van der Waals surface area contributed by atoms with Crippen LogP contribution in [0.5, 0.6) is 0 Å². The number of hydrogen-bond acceptors (Lipinski definition) is 2. The Balaban J connectivity index is 2.06. The molecule has 2 rings (SSSR count). The predicted octanol–water partition coefficient (Wildman–Crippen LogP) is 2.79. The smallest absolute Gasteiger partial charge is 0.163 e. The van der Waals surface area contributed by atoms with Crippen molar-refractivity contribution in [1.29, 1.82) is 0 Å². The quantitative estimate of drug-likeness (QED) is 0.869. The molecule has 4 heteroatoms. The minimum Gasteiger partial charge on any atom is -0.394 e. The van der Waals surface area contributed by atoms with E-state index in [0.717, 1.165) is 11.6 Å². The largest absolute Gasteiger partial charge is 0.394 e. The number of halogens is 2. The lowest BCUT2D eigenvalue weighted by atomic mass is 10.1. The lowest BCUT2D eigenvalue weighted by Crippen LogP contribution is -2.24. The van der Waals surface area contributed by atoms with Gasteiger partial charge in [-0.15, -0.1) is 0 Å². The molecule has 0 saturated heterocycles. The van der Waals surface area contributed by atoms with Crippen molar-refractivity contribution in [3.8, 4) is 0 Å². The number of rotatable bonds is 5. The highest BCUT2D eigenvalue weighted by Gasteiger charge is 2.12. The van der Waals surface area contributed by atoms with E-state index in [9.17, 15) is 13.9 Å². The minimum absolute atomic E-state index is 0.110. The molecule has 100 valence electrons. The number of hydrogen-bond donors (Lipinski definition) is 2. The van der Waals surface area contributed by atoms with Crippen LogP contribution in [-0.2, 0) is 6.54 Å². The Bertz CT molecular complexity index is 531. The zero-order valence-electron chi connectivity index (χ0n) is 10.3. The summed E-state index contributed by atoms with van der Waals surface area (Å²) in [5, 5.41) is 12.4. The molecule has 2 aromatic rings. The highest BCUT2D eigenvalue weighted by Crippen LogP contribution is 2.15. The molecule has 0 amide bonds. The molecule has 0 aliphatic carbocycles. The number of aliphatic hydroxyl groups excluding tert-OH is 1. The molecule has 2 N–H and O–H groups in total. The number of benzene rings is 2. The third kappa shape index (κ3) is 3.36. The monoisotopic (exact) mass is 263 g/mol. The summed E-state index contributed by atoms with van der Waals surface area (Å²) in [5.74, 6) is -1.71. The summed E-state index contributed by atoms with van der Waals surface area (Å²) < 4.78 is 26.5. The van der Waals surface area contributed by atoms with E-state index in [2.05, 4.69) is 5.32 Å². The van der Waals surface area contributed by atoms with Gasteiger partial charge < -0.3 is 10.4 Å². The maximum Gasteiger partial charge on any atom is 0.163 e. The molecule has 0 bridgehead atoms. The van der Waals surface area contributed by atoms with Gasteiger partial charge in [-0.05, 0) is 11.6 Å². The standard InChI is InChI=1S/C15H15F2NO/c16-13-8-4-7-12(15(13)17)9-18-14(10-19)11-5-2-1-3-6-11/h1-8,14,18-19H,9-10H2/t14-/m1/s1. The SMILES string of the molecule is OC[C@@H](NCc1cccc(F)c1F)c1ccccc1. The molecule has 0 radical (unpaired) electrons. The van der Waals surface area contributed by atoms with Crippen LogP contribution in [0.25, 0.3) is 0 Å². The zero-order chi connectivity index (χ0) is 13.7. The minimum atomic E-state index is -0.862. The summed E-state index contributed by atoms with van der Waals surface area (Å²) in [5.41, 5.74) is 1.15. The highest BCUT2D eigenvalue weighted by molar-refractivity contribution is 5.21. The molecule has 19 heavy (non-hydrogen) atoms. The van der Waals surface area contributed by atoms with E-state index in [-0.39, 0.29) is 24.8 Å². The van der Waals surface area contributed by atoms with Crippen LogP contribution in [0.3, 0.4) is 0 Å². The van der Waals surface area contributed by atoms with Crippen molar-refractivity contribution in [2.45, 2.75) is 12.6 Å². The zero-order valence-corrected chi connectivity index (χ0v) is 10.3. The second-order valence-electron chi connectivity index (χ2n) is 4.24. The Hall–Kier alpha value is -1.78. The Morgan fingerprint density at radius 2 is 1.74 bits per heavy atom. The third-order valence-corrected chi connectivity index (χ3v) is 2.95. The summed E-state index contributed by atoms with van der Waals surface area (Å²) in [7, 11) is 0. The first-order chi connectivity index (χ1) is 9.22. The summed E-state index contributed by atoms with van der Waals surface area (Å²) in [6, 6.07) is 13.1. The molecule has 0 spiro atoms. The maximum absolute atomic E-state index is 13.5. The van der Waals surface area contributed by atoms with Crippen LogP contribution in [0.1, 0.15) is 17.2 Å². The number of aliphatic hydroxyl groups is 1. The van der Waals surface area contributed by atoms with E-state index >= 15 is 0 Å². The molecule has 0 unspecified atom stereocenters. The average Bonchev–Trinajstić information content (AvgIpc) is 2.45. The van der Waals surface area contributed by atoms with Gasteiger partial charge in [0.25, 0.3) is 0 Å². The van der Waals surface area contributed by atoms with Gasteiger partial charge in [0.15, 0.2) is 11.6 Å². The van der Waals surface area contributed by atoms with Gasteiger partial charge >= 0.3 is 0 Å². The van der Waals surface area contributed by atoms with E-state index in [1.807, 2.05) is 30.3 Å². The Kier molecular flexibility index (Phi) is 4.60. The first kappa shape index (κ1) is 13.6. The molecule has 0 aromatic heterocycles. The van der Waals surface area contributed by atoms with Gasteiger partial charge in [-0.3, -0.25) is 0 Å². The van der Waals surface area contributed by atoms with Crippen molar-refractivity contribution < 1.29 is 13.9 Å². The van der Waals surface area contributed by atoms with E-state index < -0.39 is 11.6 Å². The summed E-state index contributed by atoms with van der Waals surface area (Å²) in [6.45, 7) is 0.0463. The van der Waals surface area contributed by atoms with Crippen molar-refractivity contribution in [3.05, 3.63) is 71.3 Å². The Morgan fingerprint density at radius 1 is 1.00 bits per heavy atom. The summed E-state index contributed by atoms with van der Waals surface area (Å²) in [6.07, 6.45) is 0. The van der Waals surface area contributed by atoms with Crippen molar-refractivity contribution in [2.75, 3.05) is 6.61 Å². The van der Waals surface area contributed by atoms with Crippen LogP contribution < -0.4 is 5.32 Å². The molecule has 2 aromatic carbocycles. The van der Waals surface area contributed by atoms with E-state index in [4.69, 9.17) is 0 Å². The van der Waals surface area contributed by atoms with Crippen molar-refractivity contribution >= 4 is 0 Å². The van der Waals surface area contributed by atoms with Gasteiger partial charge in [-0.1, -0.05) is 42.5 Å². The van der Waals surface area contributed by atoms with Gasteiger partial charge in [-0.2, -0.15) is 0 Å². The first-order valence-electron chi connectivity index (χ1n) is 6.04. The topological polar surface area (TPSA) is 32.3 Å². The lowest BCUT2D eigenvalue weighted by molar-refractivity contribution is 0.243. The van der Waals surface area contributed by atoms with Gasteiger partial charge in [0.2, 0.25) is 0 Å². The molecular formula is C15H15F2NO. The van der Waals surface area contributed by atoms with Gasteiger partial charge in [0, 0.05) is 12.1 Å². The van der Waals surface area contributed by atoms with Gasteiger partial charge in [0.05, 0.1) is 12.6 Å². The van der Waals surface area contributed by atoms with Crippen LogP contribution in [0.2, 0.25) is 0 Å². The highest BCUT2D eigenvalue weighted by atomic mass is 19.2. The number of nitrogens with one attached hydrogen (secondary N) is 1. The predicted molar refractivity (Wildman–Crippen MR) is 69.5 cm³/mol. The maximum atomic E-state index is 13.5. The first-order valence-corrected chi connectivity index (χ1v) is 6.04. The van der Waals surface area contributed by atoms with Crippen LogP contribution in [0.15, 0.2) is 48.5 Å². The van der Waals surface area contributed by atoms with E-state index in [1.165, 1.54) is 12.1 Å². The van der Waals surface area contributed by atoms with Crippen LogP contribution >= 0.6 is 0 Å². The van der Waals surface area contributed by atoms with E-state index in [1.54, 1.807) is 0 Å². The molecule has 0 fully saturated rings. The Morgan fingerprint density at radius 3 is 2.42 bits per heavy atom. The lowest BCUT2D eigenvalue weighted by Gasteiger charge is -2.17. The second kappa shape index (κ2) is 6.41. The van der Waals surface area contributed by atoms with E-state index in [0.29, 0.717) is 0 Å². The van der Waals surface area contributed by atoms with Crippen LogP contribution in [0, 0.1) is 11.6 Å².